The van der Waals surface area contributed by atoms with Crippen LogP contribution in [0.1, 0.15) is 0 Å². The van der Waals surface area contributed by atoms with E-state index in [1.807, 2.05) is 42.3 Å². The molecule has 0 fully saturated rings. The molecule has 1 amide bonds. The Balaban J connectivity index is 1.70. The molecule has 0 spiro atoms. The first kappa shape index (κ1) is 22.3. The predicted molar refractivity (Wildman–Crippen MR) is 120 cm³/mol. The van der Waals surface area contributed by atoms with Gasteiger partial charge in [-0.3, -0.25) is 9.10 Å². The monoisotopic (exact) mass is 441 g/mol. The largest absolute Gasteiger partial charge is 0.373 e. The van der Waals surface area contributed by atoms with E-state index < -0.39 is 28.3 Å². The summed E-state index contributed by atoms with van der Waals surface area (Å²) in [6.45, 7) is 0.522. The van der Waals surface area contributed by atoms with Crippen molar-refractivity contribution in [2.45, 2.75) is 4.90 Å². The van der Waals surface area contributed by atoms with Gasteiger partial charge in [0.05, 0.1) is 10.6 Å². The van der Waals surface area contributed by atoms with Crippen LogP contribution in [0, 0.1) is 5.82 Å². The Morgan fingerprint density at radius 2 is 1.42 bits per heavy atom. The number of carbonyl (C=O) groups excluding carboxylic acids is 1. The Labute approximate surface area is 182 Å². The number of rotatable bonds is 9. The highest BCUT2D eigenvalue weighted by Gasteiger charge is 2.27. The van der Waals surface area contributed by atoms with Crippen LogP contribution in [0.25, 0.3) is 0 Å². The third kappa shape index (κ3) is 5.82. The van der Waals surface area contributed by atoms with E-state index in [1.165, 1.54) is 12.1 Å². The number of likely N-dealkylation sites (N-methyl/N-ethyl adjacent to an activating group) is 1. The smallest absolute Gasteiger partial charge is 0.264 e. The molecule has 0 heterocycles. The topological polar surface area (TPSA) is 69.7 Å². The Morgan fingerprint density at radius 3 is 2.00 bits per heavy atom. The summed E-state index contributed by atoms with van der Waals surface area (Å²) >= 11 is 0. The number of carbonyl (C=O) groups is 1. The first-order valence-corrected chi connectivity index (χ1v) is 11.2. The molecule has 3 aromatic carbocycles. The van der Waals surface area contributed by atoms with Crippen molar-refractivity contribution in [1.82, 2.24) is 5.32 Å². The molecule has 0 saturated heterocycles. The highest BCUT2D eigenvalue weighted by atomic mass is 32.2. The third-order valence-electron chi connectivity index (χ3n) is 4.70. The summed E-state index contributed by atoms with van der Waals surface area (Å²) in [5.74, 6) is -0.971. The molecule has 0 aliphatic carbocycles. The van der Waals surface area contributed by atoms with Crippen molar-refractivity contribution >= 4 is 27.3 Å². The fourth-order valence-electron chi connectivity index (χ4n) is 3.00. The molecular formula is C23H24FN3O3S. The van der Waals surface area contributed by atoms with Crippen molar-refractivity contribution in [3.05, 3.63) is 90.7 Å². The van der Waals surface area contributed by atoms with Crippen molar-refractivity contribution < 1.29 is 17.6 Å². The molecule has 31 heavy (non-hydrogen) atoms. The average Bonchev–Trinajstić information content (AvgIpc) is 2.78. The van der Waals surface area contributed by atoms with Gasteiger partial charge in [-0.05, 0) is 48.5 Å². The van der Waals surface area contributed by atoms with Gasteiger partial charge in [0.25, 0.3) is 10.0 Å². The molecule has 162 valence electrons. The molecule has 6 nitrogen and oxygen atoms in total. The Bertz CT molecular complexity index is 1090. The number of hydrogen-bond donors (Lipinski definition) is 1. The number of benzene rings is 3. The SMILES string of the molecule is CN(CCNC(=O)CN(c1ccccc1)S(=O)(=O)c1ccc(F)cc1)c1ccccc1. The lowest BCUT2D eigenvalue weighted by molar-refractivity contribution is -0.119. The molecule has 0 aliphatic heterocycles. The number of amides is 1. The second kappa shape index (κ2) is 10.1. The standard InChI is InChI=1S/C23H24FN3O3S/c1-26(20-8-4-2-5-9-20)17-16-25-23(28)18-27(21-10-6-3-7-11-21)31(29,30)22-14-12-19(24)13-15-22/h2-15H,16-18H2,1H3,(H,25,28). The molecule has 0 aliphatic rings. The zero-order valence-electron chi connectivity index (χ0n) is 17.1. The number of nitrogens with zero attached hydrogens (tertiary/aromatic N) is 2. The molecule has 0 aromatic heterocycles. The van der Waals surface area contributed by atoms with Gasteiger partial charge in [0.1, 0.15) is 12.4 Å². The van der Waals surface area contributed by atoms with Gasteiger partial charge in [0.2, 0.25) is 5.91 Å². The lowest BCUT2D eigenvalue weighted by atomic mass is 10.3. The fourth-order valence-corrected chi connectivity index (χ4v) is 4.43. The summed E-state index contributed by atoms with van der Waals surface area (Å²) in [5.41, 5.74) is 1.37. The number of para-hydroxylation sites is 2. The van der Waals surface area contributed by atoms with Crippen LogP contribution < -0.4 is 14.5 Å². The molecule has 3 aromatic rings. The van der Waals surface area contributed by atoms with Crippen molar-refractivity contribution in [3.8, 4) is 0 Å². The zero-order chi connectivity index (χ0) is 22.3. The Kier molecular flexibility index (Phi) is 7.25. The number of halogens is 1. The minimum absolute atomic E-state index is 0.0886. The van der Waals surface area contributed by atoms with Gasteiger partial charge in [-0.2, -0.15) is 0 Å². The van der Waals surface area contributed by atoms with Gasteiger partial charge in [-0.25, -0.2) is 12.8 Å². The third-order valence-corrected chi connectivity index (χ3v) is 6.49. The molecular weight excluding hydrogens is 417 g/mol. The molecule has 0 unspecified atom stereocenters. The highest BCUT2D eigenvalue weighted by Crippen LogP contribution is 2.23. The maximum absolute atomic E-state index is 13.3. The summed E-state index contributed by atoms with van der Waals surface area (Å²) < 4.78 is 40.6. The van der Waals surface area contributed by atoms with Gasteiger partial charge in [0, 0.05) is 25.8 Å². The van der Waals surface area contributed by atoms with Crippen molar-refractivity contribution in [2.24, 2.45) is 0 Å². The van der Waals surface area contributed by atoms with Crippen LogP contribution >= 0.6 is 0 Å². The molecule has 0 bridgehead atoms. The van der Waals surface area contributed by atoms with E-state index in [4.69, 9.17) is 0 Å². The van der Waals surface area contributed by atoms with Crippen LogP contribution in [0.15, 0.2) is 89.8 Å². The van der Waals surface area contributed by atoms with Gasteiger partial charge in [0.15, 0.2) is 0 Å². The van der Waals surface area contributed by atoms with Crippen LogP contribution in [0.4, 0.5) is 15.8 Å². The van der Waals surface area contributed by atoms with E-state index in [1.54, 1.807) is 30.3 Å². The summed E-state index contributed by atoms with van der Waals surface area (Å²) in [6, 6.07) is 22.6. The van der Waals surface area contributed by atoms with Crippen LogP contribution in [0.2, 0.25) is 0 Å². The van der Waals surface area contributed by atoms with Gasteiger partial charge >= 0.3 is 0 Å². The molecule has 1 N–H and O–H groups in total. The highest BCUT2D eigenvalue weighted by molar-refractivity contribution is 7.92. The summed E-state index contributed by atoms with van der Waals surface area (Å²) in [7, 11) is -2.14. The summed E-state index contributed by atoms with van der Waals surface area (Å²) in [5, 5.41) is 2.77. The normalized spacial score (nSPS) is 11.0. The second-order valence-electron chi connectivity index (χ2n) is 6.91. The van der Waals surface area contributed by atoms with Gasteiger partial charge < -0.3 is 10.2 Å². The zero-order valence-corrected chi connectivity index (χ0v) is 17.9. The van der Waals surface area contributed by atoms with Crippen LogP contribution in [-0.4, -0.2) is 41.0 Å². The quantitative estimate of drug-likeness (QED) is 0.553. The number of nitrogens with one attached hydrogen (secondary N) is 1. The van der Waals surface area contributed by atoms with E-state index in [-0.39, 0.29) is 4.90 Å². The van der Waals surface area contributed by atoms with E-state index in [0.29, 0.717) is 18.8 Å². The summed E-state index contributed by atoms with van der Waals surface area (Å²) in [4.78, 5) is 14.5. The van der Waals surface area contributed by atoms with Crippen LogP contribution in [0.5, 0.6) is 0 Å². The van der Waals surface area contributed by atoms with Crippen LogP contribution in [-0.2, 0) is 14.8 Å². The fraction of sp³-hybridized carbons (Fsp3) is 0.174. The van der Waals surface area contributed by atoms with E-state index in [9.17, 15) is 17.6 Å². The lowest BCUT2D eigenvalue weighted by Gasteiger charge is -2.24. The average molecular weight is 442 g/mol. The first-order valence-electron chi connectivity index (χ1n) is 9.74. The minimum atomic E-state index is -4.05. The van der Waals surface area contributed by atoms with E-state index in [0.717, 1.165) is 22.1 Å². The van der Waals surface area contributed by atoms with Crippen molar-refractivity contribution in [2.75, 3.05) is 35.9 Å². The van der Waals surface area contributed by atoms with Crippen molar-refractivity contribution in [3.63, 3.8) is 0 Å². The Morgan fingerprint density at radius 1 is 0.871 bits per heavy atom. The van der Waals surface area contributed by atoms with Crippen molar-refractivity contribution in [1.29, 1.82) is 0 Å². The number of sulfonamides is 1. The minimum Gasteiger partial charge on any atom is -0.373 e. The van der Waals surface area contributed by atoms with Gasteiger partial charge in [-0.15, -0.1) is 0 Å². The molecule has 0 atom stereocenters. The van der Waals surface area contributed by atoms with Gasteiger partial charge in [-0.1, -0.05) is 36.4 Å². The maximum Gasteiger partial charge on any atom is 0.264 e. The lowest BCUT2D eigenvalue weighted by Crippen LogP contribution is -2.42. The number of anilines is 2. The predicted octanol–water partition coefficient (Wildman–Crippen LogP) is 3.27. The molecule has 8 heteroatoms. The van der Waals surface area contributed by atoms with E-state index in [2.05, 4.69) is 5.32 Å². The number of hydrogen-bond acceptors (Lipinski definition) is 4. The maximum atomic E-state index is 13.3. The first-order chi connectivity index (χ1) is 14.9. The van der Waals surface area contributed by atoms with E-state index >= 15 is 0 Å². The molecule has 0 saturated carbocycles. The Hall–Kier alpha value is -3.39. The van der Waals surface area contributed by atoms with Crippen LogP contribution in [0.3, 0.4) is 0 Å². The second-order valence-corrected chi connectivity index (χ2v) is 8.77. The molecule has 3 rings (SSSR count). The summed E-state index contributed by atoms with van der Waals surface area (Å²) in [6.07, 6.45) is 0. The molecule has 0 radical (unpaired) electrons.